The van der Waals surface area contributed by atoms with Gasteiger partial charge in [-0.3, -0.25) is 11.7 Å². The summed E-state index contributed by atoms with van der Waals surface area (Å²) < 4.78 is 0. The van der Waals surface area contributed by atoms with Crippen molar-refractivity contribution in [3.63, 3.8) is 0 Å². The van der Waals surface area contributed by atoms with Gasteiger partial charge in [0.25, 0.3) is 0 Å². The molecule has 104 valence electrons. The Labute approximate surface area is 111 Å². The highest BCUT2D eigenvalue weighted by molar-refractivity contribution is 5.08. The molecule has 4 nitrogen and oxygen atoms in total. The van der Waals surface area contributed by atoms with Crippen LogP contribution in [-0.2, 0) is 0 Å². The molecule has 4 heteroatoms. The van der Waals surface area contributed by atoms with Crippen molar-refractivity contribution in [2.45, 2.75) is 52.1 Å². The van der Waals surface area contributed by atoms with Gasteiger partial charge in [0, 0.05) is 6.04 Å². The molecule has 5 atom stereocenters. The molecule has 2 bridgehead atoms. The Morgan fingerprint density at radius 1 is 1.17 bits per heavy atom. The molecule has 0 aliphatic heterocycles. The quantitative estimate of drug-likeness (QED) is 0.374. The van der Waals surface area contributed by atoms with E-state index in [1.165, 1.54) is 11.5 Å². The fourth-order valence-corrected chi connectivity index (χ4v) is 3.68. The molecule has 2 aliphatic carbocycles. The lowest BCUT2D eigenvalue weighted by Crippen LogP contribution is -2.56. The molecular formula is C14H28N4. The van der Waals surface area contributed by atoms with Crippen LogP contribution in [0.2, 0.25) is 0 Å². The van der Waals surface area contributed by atoms with E-state index in [1.54, 1.807) is 0 Å². The smallest absolute Gasteiger partial charge is 0.0580 e. The van der Waals surface area contributed by atoms with Crippen molar-refractivity contribution in [2.24, 2.45) is 40.6 Å². The van der Waals surface area contributed by atoms with Crippen LogP contribution in [0.4, 0.5) is 0 Å². The lowest BCUT2D eigenvalue weighted by molar-refractivity contribution is 0.114. The molecule has 18 heavy (non-hydrogen) atoms. The molecule has 0 saturated heterocycles. The molecule has 0 radical (unpaired) electrons. The summed E-state index contributed by atoms with van der Waals surface area (Å²) in [5.74, 6) is 13.3. The van der Waals surface area contributed by atoms with E-state index in [9.17, 15) is 0 Å². The molecule has 1 fully saturated rings. The molecule has 5 unspecified atom stereocenters. The lowest BCUT2D eigenvalue weighted by Gasteiger charge is -2.35. The van der Waals surface area contributed by atoms with Gasteiger partial charge in [0.1, 0.15) is 0 Å². The Kier molecular flexibility index (Phi) is 3.83. The molecule has 0 spiro atoms. The van der Waals surface area contributed by atoms with E-state index in [1.807, 2.05) is 0 Å². The molecular weight excluding hydrogens is 224 g/mol. The van der Waals surface area contributed by atoms with Crippen molar-refractivity contribution >= 4 is 0 Å². The van der Waals surface area contributed by atoms with Gasteiger partial charge in [-0.1, -0.05) is 32.9 Å². The van der Waals surface area contributed by atoms with Crippen LogP contribution in [0.5, 0.6) is 0 Å². The van der Waals surface area contributed by atoms with Crippen molar-refractivity contribution in [3.05, 3.63) is 12.2 Å². The number of fused-ring (bicyclic) bond motifs is 2. The highest BCUT2D eigenvalue weighted by atomic mass is 15.6. The largest absolute Gasteiger partial charge is 0.326 e. The first-order chi connectivity index (χ1) is 8.30. The molecule has 0 amide bonds. The topological polar surface area (TPSA) is 81.3 Å². The lowest BCUT2D eigenvalue weighted by atomic mass is 9.72. The van der Waals surface area contributed by atoms with Crippen LogP contribution >= 0.6 is 0 Å². The summed E-state index contributed by atoms with van der Waals surface area (Å²) in [5.41, 5.74) is 6.63. The van der Waals surface area contributed by atoms with Gasteiger partial charge in [-0.15, -0.1) is 0 Å². The first-order valence-electron chi connectivity index (χ1n) is 7.01. The maximum Gasteiger partial charge on any atom is 0.0580 e. The van der Waals surface area contributed by atoms with Crippen molar-refractivity contribution in [1.29, 1.82) is 0 Å². The molecule has 1 saturated carbocycles. The Bertz CT molecular complexity index is 318. The van der Waals surface area contributed by atoms with Crippen LogP contribution in [0.25, 0.3) is 0 Å². The van der Waals surface area contributed by atoms with Gasteiger partial charge in [-0.25, -0.2) is 0 Å². The van der Waals surface area contributed by atoms with E-state index in [0.717, 1.165) is 12.8 Å². The third-order valence-corrected chi connectivity index (χ3v) is 4.91. The first kappa shape index (κ1) is 14.0. The molecule has 6 N–H and O–H groups in total. The number of nitrogens with zero attached hydrogens (tertiary/aromatic N) is 1. The molecule has 0 aromatic heterocycles. The predicted molar refractivity (Wildman–Crippen MR) is 74.9 cm³/mol. The fourth-order valence-electron chi connectivity index (χ4n) is 3.68. The molecule has 2 rings (SSSR count). The van der Waals surface area contributed by atoms with E-state index < -0.39 is 0 Å². The van der Waals surface area contributed by atoms with Gasteiger partial charge in [0.05, 0.1) is 6.04 Å². The number of hydrogen-bond donors (Lipinski definition) is 3. The van der Waals surface area contributed by atoms with Crippen molar-refractivity contribution in [1.82, 2.24) is 5.12 Å². The number of rotatable bonds is 1. The molecule has 0 aromatic carbocycles. The minimum Gasteiger partial charge on any atom is -0.326 e. The van der Waals surface area contributed by atoms with Gasteiger partial charge in [-0.05, 0) is 42.4 Å². The van der Waals surface area contributed by atoms with Gasteiger partial charge in [-0.2, -0.15) is 5.12 Å². The van der Waals surface area contributed by atoms with E-state index in [-0.39, 0.29) is 12.1 Å². The van der Waals surface area contributed by atoms with Crippen LogP contribution in [0.15, 0.2) is 12.2 Å². The highest BCUT2D eigenvalue weighted by Crippen LogP contribution is 2.44. The minimum absolute atomic E-state index is 0.0694. The molecule has 0 aromatic rings. The second-order valence-corrected chi connectivity index (χ2v) is 7.14. The second kappa shape index (κ2) is 4.93. The molecule has 0 heterocycles. The zero-order chi connectivity index (χ0) is 13.5. The van der Waals surface area contributed by atoms with E-state index in [4.69, 9.17) is 17.4 Å². The monoisotopic (exact) mass is 252 g/mol. The van der Waals surface area contributed by atoms with Crippen LogP contribution in [0.1, 0.15) is 40.0 Å². The third-order valence-electron chi connectivity index (χ3n) is 4.91. The van der Waals surface area contributed by atoms with Crippen molar-refractivity contribution in [3.8, 4) is 0 Å². The van der Waals surface area contributed by atoms with Crippen LogP contribution < -0.4 is 17.4 Å². The summed E-state index contributed by atoms with van der Waals surface area (Å²) in [6.07, 6.45) is 8.05. The summed E-state index contributed by atoms with van der Waals surface area (Å²) in [5, 5.41) is 1.36. The second-order valence-electron chi connectivity index (χ2n) is 7.14. The van der Waals surface area contributed by atoms with Gasteiger partial charge in [0.2, 0.25) is 0 Å². The number of nitrogens with two attached hydrogens (primary N) is 3. The van der Waals surface area contributed by atoms with E-state index in [2.05, 4.69) is 32.9 Å². The van der Waals surface area contributed by atoms with Gasteiger partial charge < -0.3 is 5.73 Å². The van der Waals surface area contributed by atoms with Crippen LogP contribution in [0.3, 0.4) is 0 Å². The average Bonchev–Trinajstić information content (AvgIpc) is 2.50. The van der Waals surface area contributed by atoms with E-state index >= 15 is 0 Å². The summed E-state index contributed by atoms with van der Waals surface area (Å²) in [4.78, 5) is 0. The average molecular weight is 252 g/mol. The maximum atomic E-state index is 6.31. The van der Waals surface area contributed by atoms with E-state index in [0.29, 0.717) is 23.2 Å². The number of hydrogen-bond acceptors (Lipinski definition) is 4. The Balaban J connectivity index is 2.22. The third kappa shape index (κ3) is 2.62. The zero-order valence-electron chi connectivity index (χ0n) is 11.8. The zero-order valence-corrected chi connectivity index (χ0v) is 11.8. The van der Waals surface area contributed by atoms with Crippen LogP contribution in [-0.4, -0.2) is 17.2 Å². The Morgan fingerprint density at radius 3 is 2.39 bits per heavy atom. The Hall–Kier alpha value is -0.420. The predicted octanol–water partition coefficient (Wildman–Crippen LogP) is 1.38. The van der Waals surface area contributed by atoms with Crippen molar-refractivity contribution < 1.29 is 0 Å². The van der Waals surface area contributed by atoms with Gasteiger partial charge in [0.15, 0.2) is 0 Å². The summed E-state index contributed by atoms with van der Waals surface area (Å²) >= 11 is 0. The summed E-state index contributed by atoms with van der Waals surface area (Å²) in [6.45, 7) is 6.95. The molecule has 2 aliphatic rings. The maximum absolute atomic E-state index is 6.31. The van der Waals surface area contributed by atoms with Crippen LogP contribution in [0, 0.1) is 23.2 Å². The minimum atomic E-state index is 0.0694. The normalized spacial score (nSPS) is 40.9. The van der Waals surface area contributed by atoms with Gasteiger partial charge >= 0.3 is 0 Å². The summed E-state index contributed by atoms with van der Waals surface area (Å²) in [6, 6.07) is 0.183. The number of hydrazine groups is 2. The first-order valence-corrected chi connectivity index (χ1v) is 7.01. The standard InChI is InChI=1S/C14H28N4/c1-14(2,3)11-6-4-5-9-7-10(8-11)13(12(9)15)18(16)17/h4-5,9-13H,6-8,15-17H2,1-3H3. The van der Waals surface area contributed by atoms with Crippen molar-refractivity contribution in [2.75, 3.05) is 0 Å². The fraction of sp³-hybridized carbons (Fsp3) is 0.857. The number of allylic oxidation sites excluding steroid dienone is 1. The Morgan fingerprint density at radius 2 is 1.83 bits per heavy atom. The summed E-state index contributed by atoms with van der Waals surface area (Å²) in [7, 11) is 0. The SMILES string of the molecule is CC(C)(C)C1CC=CC2CC(C1)C(N(N)N)C2N. The highest BCUT2D eigenvalue weighted by Gasteiger charge is 2.44.